The van der Waals surface area contributed by atoms with Crippen LogP contribution >= 0.6 is 34.8 Å². The van der Waals surface area contributed by atoms with Crippen LogP contribution in [-0.2, 0) is 6.42 Å². The summed E-state index contributed by atoms with van der Waals surface area (Å²) in [5.41, 5.74) is 0.527. The van der Waals surface area contributed by atoms with E-state index in [0.717, 1.165) is 0 Å². The fourth-order valence-electron chi connectivity index (χ4n) is 1.65. The van der Waals surface area contributed by atoms with Crippen LogP contribution in [0.2, 0.25) is 15.1 Å². The highest BCUT2D eigenvalue weighted by molar-refractivity contribution is 6.41. The Bertz CT molecular complexity index is 657. The second-order valence-electron chi connectivity index (χ2n) is 3.71. The van der Waals surface area contributed by atoms with Gasteiger partial charge in [-0.3, -0.25) is 4.98 Å². The number of nitrogens with zero attached hydrogens (tertiary/aromatic N) is 2. The first kappa shape index (κ1) is 14.1. The molecule has 1 aromatic heterocycles. The lowest BCUT2D eigenvalue weighted by atomic mass is 10.1. The molecule has 1 heterocycles. The van der Waals surface area contributed by atoms with Crippen molar-refractivity contribution in [3.8, 4) is 17.3 Å². The largest absolute Gasteiger partial charge is 0.253 e. The monoisotopic (exact) mass is 314 g/mol. The minimum Gasteiger partial charge on any atom is -0.253 e. The lowest BCUT2D eigenvalue weighted by Crippen LogP contribution is -1.97. The van der Waals surface area contributed by atoms with E-state index in [0.29, 0.717) is 5.02 Å². The van der Waals surface area contributed by atoms with Crippen LogP contribution in [0.5, 0.6) is 0 Å². The van der Waals surface area contributed by atoms with Gasteiger partial charge in [-0.15, -0.1) is 0 Å². The molecule has 0 fully saturated rings. The number of aromatic nitrogens is 1. The topological polar surface area (TPSA) is 36.7 Å². The first-order valence-corrected chi connectivity index (χ1v) is 6.33. The van der Waals surface area contributed by atoms with Crippen LogP contribution < -0.4 is 0 Å². The molecule has 6 heteroatoms. The van der Waals surface area contributed by atoms with Gasteiger partial charge >= 0.3 is 0 Å². The van der Waals surface area contributed by atoms with Gasteiger partial charge < -0.3 is 0 Å². The highest BCUT2D eigenvalue weighted by Crippen LogP contribution is 2.37. The summed E-state index contributed by atoms with van der Waals surface area (Å²) in [7, 11) is 0. The van der Waals surface area contributed by atoms with E-state index in [2.05, 4.69) is 4.98 Å². The summed E-state index contributed by atoms with van der Waals surface area (Å²) in [5.74, 6) is -0.602. The quantitative estimate of drug-likeness (QED) is 0.789. The van der Waals surface area contributed by atoms with Gasteiger partial charge in [0.2, 0.25) is 0 Å². The normalized spacial score (nSPS) is 10.3. The van der Waals surface area contributed by atoms with Gasteiger partial charge in [-0.2, -0.15) is 5.26 Å². The van der Waals surface area contributed by atoms with Crippen molar-refractivity contribution in [2.24, 2.45) is 0 Å². The summed E-state index contributed by atoms with van der Waals surface area (Å²) in [6, 6.07) is 6.25. The number of nitriles is 1. The third-order valence-corrected chi connectivity index (χ3v) is 3.30. The molecular weight excluding hydrogens is 310 g/mol. The molecule has 0 unspecified atom stereocenters. The average molecular weight is 316 g/mol. The molecule has 2 aromatic rings. The molecule has 2 nitrogen and oxygen atoms in total. The van der Waals surface area contributed by atoms with E-state index in [1.54, 1.807) is 0 Å². The van der Waals surface area contributed by atoms with Gasteiger partial charge in [0.05, 0.1) is 22.5 Å². The molecule has 0 aliphatic heterocycles. The highest BCUT2D eigenvalue weighted by Gasteiger charge is 2.17. The van der Waals surface area contributed by atoms with Gasteiger partial charge in [0.15, 0.2) is 5.82 Å². The van der Waals surface area contributed by atoms with Gasteiger partial charge in [-0.25, -0.2) is 4.39 Å². The van der Waals surface area contributed by atoms with Crippen LogP contribution in [0.1, 0.15) is 5.56 Å². The fourth-order valence-corrected chi connectivity index (χ4v) is 2.64. The molecule has 0 amide bonds. The maximum absolute atomic E-state index is 14.2. The van der Waals surface area contributed by atoms with Crippen molar-refractivity contribution in [3.05, 3.63) is 50.8 Å². The number of pyridine rings is 1. The zero-order chi connectivity index (χ0) is 14.0. The van der Waals surface area contributed by atoms with E-state index >= 15 is 0 Å². The minimum absolute atomic E-state index is 0.0133. The van der Waals surface area contributed by atoms with Gasteiger partial charge in [0, 0.05) is 22.3 Å². The molecule has 0 aliphatic carbocycles. The summed E-state index contributed by atoms with van der Waals surface area (Å²) in [4.78, 5) is 3.95. The molecule has 0 saturated carbocycles. The Morgan fingerprint density at radius 2 is 1.84 bits per heavy atom. The lowest BCUT2D eigenvalue weighted by molar-refractivity contribution is 0.613. The maximum Gasteiger partial charge on any atom is 0.153 e. The molecular formula is C13H6Cl3FN2. The van der Waals surface area contributed by atoms with Gasteiger partial charge in [0.1, 0.15) is 5.69 Å². The SMILES string of the molecule is N#CCc1ccnc(-c2c(Cl)cc(Cl)cc2Cl)c1F. The number of benzene rings is 1. The van der Waals surface area contributed by atoms with Gasteiger partial charge in [-0.1, -0.05) is 34.8 Å². The lowest BCUT2D eigenvalue weighted by Gasteiger charge is -2.09. The van der Waals surface area contributed by atoms with Crippen LogP contribution in [0.4, 0.5) is 4.39 Å². The number of hydrogen-bond acceptors (Lipinski definition) is 2. The molecule has 0 radical (unpaired) electrons. The minimum atomic E-state index is -0.602. The van der Waals surface area contributed by atoms with Crippen LogP contribution in [0, 0.1) is 17.1 Å². The maximum atomic E-state index is 14.2. The van der Waals surface area contributed by atoms with Crippen molar-refractivity contribution in [1.82, 2.24) is 4.98 Å². The van der Waals surface area contributed by atoms with Crippen LogP contribution in [0.3, 0.4) is 0 Å². The molecule has 0 N–H and O–H groups in total. The number of halogens is 4. The molecule has 0 bridgehead atoms. The second kappa shape index (κ2) is 5.75. The van der Waals surface area contributed by atoms with E-state index in [9.17, 15) is 4.39 Å². The third kappa shape index (κ3) is 2.82. The zero-order valence-electron chi connectivity index (χ0n) is 9.42. The Hall–Kier alpha value is -1.34. The first-order chi connectivity index (χ1) is 9.04. The summed E-state index contributed by atoms with van der Waals surface area (Å²) < 4.78 is 14.2. The van der Waals surface area contributed by atoms with Crippen LogP contribution in [0.15, 0.2) is 24.4 Å². The van der Waals surface area contributed by atoms with Crippen molar-refractivity contribution in [2.45, 2.75) is 6.42 Å². The molecule has 0 aliphatic rings. The van der Waals surface area contributed by atoms with Crippen molar-refractivity contribution >= 4 is 34.8 Å². The highest BCUT2D eigenvalue weighted by atomic mass is 35.5. The van der Waals surface area contributed by atoms with Crippen molar-refractivity contribution in [3.63, 3.8) is 0 Å². The van der Waals surface area contributed by atoms with Crippen molar-refractivity contribution in [2.75, 3.05) is 0 Å². The Balaban J connectivity index is 2.67. The summed E-state index contributed by atoms with van der Waals surface area (Å²) >= 11 is 17.9. The van der Waals surface area contributed by atoms with Crippen LogP contribution in [-0.4, -0.2) is 4.98 Å². The van der Waals surface area contributed by atoms with E-state index < -0.39 is 5.82 Å². The summed E-state index contributed by atoms with van der Waals surface area (Å²) in [5, 5.41) is 9.41. The van der Waals surface area contributed by atoms with E-state index in [1.165, 1.54) is 24.4 Å². The molecule has 0 spiro atoms. The van der Waals surface area contributed by atoms with E-state index in [4.69, 9.17) is 40.1 Å². The summed E-state index contributed by atoms with van der Waals surface area (Å²) in [6.07, 6.45) is 1.36. The van der Waals surface area contributed by atoms with Gasteiger partial charge in [-0.05, 0) is 18.2 Å². The second-order valence-corrected chi connectivity index (χ2v) is 4.96. The van der Waals surface area contributed by atoms with Crippen molar-refractivity contribution < 1.29 is 4.39 Å². The predicted molar refractivity (Wildman–Crippen MR) is 74.0 cm³/mol. The number of rotatable bonds is 2. The first-order valence-electron chi connectivity index (χ1n) is 5.20. The molecule has 0 atom stereocenters. The molecule has 0 saturated heterocycles. The summed E-state index contributed by atoms with van der Waals surface area (Å²) in [6.45, 7) is 0. The Labute approximate surface area is 124 Å². The average Bonchev–Trinajstić information content (AvgIpc) is 2.32. The van der Waals surface area contributed by atoms with Crippen LogP contribution in [0.25, 0.3) is 11.3 Å². The van der Waals surface area contributed by atoms with Crippen molar-refractivity contribution in [1.29, 1.82) is 5.26 Å². The Morgan fingerprint density at radius 3 is 2.42 bits per heavy atom. The Morgan fingerprint density at radius 1 is 1.21 bits per heavy atom. The van der Waals surface area contributed by atoms with E-state index in [-0.39, 0.29) is 33.3 Å². The van der Waals surface area contributed by atoms with E-state index in [1.807, 2.05) is 6.07 Å². The standard InChI is InChI=1S/C13H6Cl3FN2/c14-8-5-9(15)11(10(16)6-8)13-12(17)7(1-3-18)2-4-19-13/h2,4-6H,1H2. The van der Waals surface area contributed by atoms with Gasteiger partial charge in [0.25, 0.3) is 0 Å². The zero-order valence-corrected chi connectivity index (χ0v) is 11.7. The fraction of sp³-hybridized carbons (Fsp3) is 0.0769. The predicted octanol–water partition coefficient (Wildman–Crippen LogP) is 4.91. The molecule has 1 aromatic carbocycles. The molecule has 2 rings (SSSR count). The number of hydrogen-bond donors (Lipinski definition) is 0. The molecule has 96 valence electrons. The third-order valence-electron chi connectivity index (χ3n) is 2.48. The smallest absolute Gasteiger partial charge is 0.153 e. The Kier molecular flexibility index (Phi) is 4.26. The molecule has 19 heavy (non-hydrogen) atoms.